The molecular formula is C17H24ClN3O10. The van der Waals surface area contributed by atoms with Gasteiger partial charge >= 0.3 is 17.9 Å². The Hall–Kier alpha value is -2.74. The Balaban J connectivity index is 6.33. The zero-order valence-electron chi connectivity index (χ0n) is 16.3. The Bertz CT molecular complexity index is 681. The lowest BCUT2D eigenvalue weighted by molar-refractivity contribution is -0.154. The van der Waals surface area contributed by atoms with Crippen LogP contribution in [0.4, 0.5) is 0 Å². The Kier molecular flexibility index (Phi) is 11.1. The molecule has 0 amide bonds. The third-order valence-electron chi connectivity index (χ3n) is 4.42. The first kappa shape index (κ1) is 28.3. The van der Waals surface area contributed by atoms with Gasteiger partial charge in [-0.2, -0.15) is 0 Å². The van der Waals surface area contributed by atoms with Gasteiger partial charge in [0.05, 0.1) is 18.1 Å². The minimum Gasteiger partial charge on any atom is -0.481 e. The van der Waals surface area contributed by atoms with E-state index in [1.165, 1.54) is 0 Å². The van der Waals surface area contributed by atoms with Gasteiger partial charge in [0.2, 0.25) is 5.41 Å². The number of aliphatic carboxylic acids is 3. The molecule has 0 aromatic carbocycles. The van der Waals surface area contributed by atoms with Gasteiger partial charge in [-0.25, -0.2) is 0 Å². The van der Waals surface area contributed by atoms with Gasteiger partial charge in [0.25, 0.3) is 5.24 Å². The molecule has 0 heterocycles. The molecule has 0 radical (unpaired) electrons. The first-order chi connectivity index (χ1) is 14.2. The highest BCUT2D eigenvalue weighted by Crippen LogP contribution is 2.31. The van der Waals surface area contributed by atoms with Crippen LogP contribution in [-0.4, -0.2) is 73.9 Å². The van der Waals surface area contributed by atoms with Crippen molar-refractivity contribution in [2.75, 3.05) is 0 Å². The van der Waals surface area contributed by atoms with Crippen molar-refractivity contribution in [1.82, 2.24) is 0 Å². The Morgan fingerprint density at radius 3 is 1.00 bits per heavy atom. The van der Waals surface area contributed by atoms with Crippen LogP contribution in [0.5, 0.6) is 0 Å². The van der Waals surface area contributed by atoms with Crippen LogP contribution in [0.3, 0.4) is 0 Å². The molecule has 0 fully saturated rings. The monoisotopic (exact) mass is 465 g/mol. The average molecular weight is 466 g/mol. The summed E-state index contributed by atoms with van der Waals surface area (Å²) in [7, 11) is 0. The number of carboxylic acids is 3. The van der Waals surface area contributed by atoms with Gasteiger partial charge in [0, 0.05) is 19.3 Å². The molecule has 9 N–H and O–H groups in total. The minimum atomic E-state index is -3.34. The maximum Gasteiger partial charge on any atom is 0.303 e. The van der Waals surface area contributed by atoms with Gasteiger partial charge in [0.15, 0.2) is 17.3 Å². The van der Waals surface area contributed by atoms with Crippen LogP contribution in [0.1, 0.15) is 38.5 Å². The molecule has 13 nitrogen and oxygen atoms in total. The van der Waals surface area contributed by atoms with E-state index < -0.39 is 103 Å². The fraction of sp³-hybridized carbons (Fsp3) is 0.588. The quantitative estimate of drug-likeness (QED) is 0.107. The highest BCUT2D eigenvalue weighted by molar-refractivity contribution is 6.72. The van der Waals surface area contributed by atoms with Gasteiger partial charge in [0.1, 0.15) is 0 Å². The number of hydrogen-bond donors (Lipinski definition) is 6. The number of hydrogen-bond acceptors (Lipinski definition) is 10. The molecule has 0 aliphatic rings. The van der Waals surface area contributed by atoms with Gasteiger partial charge in [-0.1, -0.05) is 0 Å². The largest absolute Gasteiger partial charge is 0.481 e. The van der Waals surface area contributed by atoms with Crippen LogP contribution in [-0.2, 0) is 33.6 Å². The second-order valence-electron chi connectivity index (χ2n) is 6.73. The highest BCUT2D eigenvalue weighted by Gasteiger charge is 2.60. The van der Waals surface area contributed by atoms with Crippen molar-refractivity contribution in [2.24, 2.45) is 22.6 Å². The molecule has 0 saturated carbocycles. The van der Waals surface area contributed by atoms with E-state index in [0.717, 1.165) is 0 Å². The molecule has 0 saturated heterocycles. The number of rotatable bonds is 16. The number of nitrogens with two attached hydrogens (primary N) is 3. The molecule has 0 aliphatic carbocycles. The van der Waals surface area contributed by atoms with Crippen molar-refractivity contribution in [3.05, 3.63) is 0 Å². The smallest absolute Gasteiger partial charge is 0.303 e. The first-order valence-electron chi connectivity index (χ1n) is 8.94. The molecule has 0 aromatic heterocycles. The topological polar surface area (TPSA) is 258 Å². The molecule has 0 aliphatic heterocycles. The molecule has 31 heavy (non-hydrogen) atoms. The summed E-state index contributed by atoms with van der Waals surface area (Å²) in [5, 5.41) is 24.4. The number of Topliss-reactive ketones (excluding diaryl/α,β-unsaturated/α-hetero) is 3. The molecule has 3 atom stereocenters. The number of halogens is 1. The minimum absolute atomic E-state index is 0.574. The maximum atomic E-state index is 13.0. The summed E-state index contributed by atoms with van der Waals surface area (Å²) in [5.74, 6) is -8.75. The van der Waals surface area contributed by atoms with Crippen LogP contribution >= 0.6 is 11.6 Å². The fourth-order valence-electron chi connectivity index (χ4n) is 2.72. The molecule has 174 valence electrons. The maximum absolute atomic E-state index is 13.0. The molecule has 0 bridgehead atoms. The lowest BCUT2D eigenvalue weighted by atomic mass is 9.68. The molecule has 0 rings (SSSR count). The number of carbonyl (C=O) groups excluding carboxylic acids is 4. The Morgan fingerprint density at radius 1 is 0.613 bits per heavy atom. The third-order valence-corrected chi connectivity index (χ3v) is 4.71. The number of carboxylic acid groups (broad SMARTS) is 3. The predicted octanol–water partition coefficient (Wildman–Crippen LogP) is -1.98. The zero-order chi connectivity index (χ0) is 24.5. The standard InChI is InChI=1S/C17H24ClN3O10/c18-16(31)17(13(28)7(19)1-4-10(22)23,14(29)8(20)2-5-11(24)25)15(30)9(21)3-6-12(26)27/h7-9H,1-6,19-21H2,(H,22,23)(H,24,25)(H,26,27)/t7-,8-,9-/m0/s1. The Morgan fingerprint density at radius 2 is 0.839 bits per heavy atom. The van der Waals surface area contributed by atoms with Gasteiger partial charge in [-0.3, -0.25) is 33.6 Å². The summed E-state index contributed by atoms with van der Waals surface area (Å²) in [6.07, 6.45) is -3.69. The number of carbonyl (C=O) groups is 7. The SMILES string of the molecule is N[C@@H](CCC(=O)O)C(=O)C(C(=O)Cl)(C(=O)[C@@H](N)CCC(=O)O)C(=O)[C@@H](N)CCC(=O)O. The fourth-order valence-corrected chi connectivity index (χ4v) is 3.00. The van der Waals surface area contributed by atoms with E-state index in [-0.39, 0.29) is 0 Å². The summed E-state index contributed by atoms with van der Waals surface area (Å²) in [4.78, 5) is 83.5. The van der Waals surface area contributed by atoms with Crippen molar-refractivity contribution in [3.8, 4) is 0 Å². The van der Waals surface area contributed by atoms with E-state index in [1.54, 1.807) is 0 Å². The van der Waals surface area contributed by atoms with E-state index in [9.17, 15) is 33.6 Å². The summed E-state index contributed by atoms with van der Waals surface area (Å²) < 4.78 is 0. The van der Waals surface area contributed by atoms with E-state index in [1.807, 2.05) is 0 Å². The molecule has 0 spiro atoms. The summed E-state index contributed by atoms with van der Waals surface area (Å²) in [6, 6.07) is -5.44. The summed E-state index contributed by atoms with van der Waals surface area (Å²) >= 11 is 5.49. The summed E-state index contributed by atoms with van der Waals surface area (Å²) in [5.41, 5.74) is 13.5. The van der Waals surface area contributed by atoms with Crippen LogP contribution in [0, 0.1) is 5.41 Å². The van der Waals surface area contributed by atoms with Crippen LogP contribution in [0.2, 0.25) is 0 Å². The van der Waals surface area contributed by atoms with E-state index in [4.69, 9.17) is 44.1 Å². The first-order valence-corrected chi connectivity index (χ1v) is 9.32. The highest BCUT2D eigenvalue weighted by atomic mass is 35.5. The molecule has 14 heteroatoms. The van der Waals surface area contributed by atoms with Gasteiger partial charge in [-0.15, -0.1) is 0 Å². The van der Waals surface area contributed by atoms with Gasteiger partial charge < -0.3 is 32.5 Å². The lowest BCUT2D eigenvalue weighted by Gasteiger charge is -2.32. The lowest BCUT2D eigenvalue weighted by Crippen LogP contribution is -2.63. The van der Waals surface area contributed by atoms with Gasteiger partial charge in [-0.05, 0) is 30.9 Å². The van der Waals surface area contributed by atoms with Crippen LogP contribution < -0.4 is 17.2 Å². The second-order valence-corrected chi connectivity index (χ2v) is 7.08. The molecule has 0 unspecified atom stereocenters. The molecular weight excluding hydrogens is 442 g/mol. The third kappa shape index (κ3) is 7.47. The second kappa shape index (κ2) is 12.2. The summed E-state index contributed by atoms with van der Waals surface area (Å²) in [6.45, 7) is 0. The Labute approximate surface area is 180 Å². The van der Waals surface area contributed by atoms with Crippen molar-refractivity contribution in [2.45, 2.75) is 56.7 Å². The van der Waals surface area contributed by atoms with Crippen molar-refractivity contribution >= 4 is 52.1 Å². The molecule has 0 aromatic rings. The van der Waals surface area contributed by atoms with Crippen molar-refractivity contribution in [1.29, 1.82) is 0 Å². The normalized spacial score (nSPS) is 14.2. The van der Waals surface area contributed by atoms with Crippen molar-refractivity contribution < 1.29 is 48.9 Å². The zero-order valence-corrected chi connectivity index (χ0v) is 17.0. The average Bonchev–Trinajstić information content (AvgIpc) is 2.67. The number of ketones is 3. The predicted molar refractivity (Wildman–Crippen MR) is 103 cm³/mol. The van der Waals surface area contributed by atoms with Crippen molar-refractivity contribution in [3.63, 3.8) is 0 Å². The van der Waals surface area contributed by atoms with E-state index in [0.29, 0.717) is 0 Å². The van der Waals surface area contributed by atoms with E-state index in [2.05, 4.69) is 0 Å². The van der Waals surface area contributed by atoms with Crippen LogP contribution in [0.15, 0.2) is 0 Å². The van der Waals surface area contributed by atoms with E-state index >= 15 is 0 Å². The van der Waals surface area contributed by atoms with Crippen LogP contribution in [0.25, 0.3) is 0 Å².